The van der Waals surface area contributed by atoms with Gasteiger partial charge < -0.3 is 5.32 Å². The fraction of sp³-hybridized carbons (Fsp3) is 0.250. The van der Waals surface area contributed by atoms with Crippen LogP contribution >= 0.6 is 0 Å². The summed E-state index contributed by atoms with van der Waals surface area (Å²) in [6.45, 7) is 1.84. The lowest BCUT2D eigenvalue weighted by Gasteiger charge is -2.07. The third-order valence-electron chi connectivity index (χ3n) is 4.55. The standard InChI is InChI=1S/C24H27N/c1-3-9-21(10-4-1)11-7-8-12-22-15-17-24(18-16-22)20-25-19-23-13-5-2-6-14-23/h1-6,9-10,13-18,25H,7-8,11-12,19-20H2. The Morgan fingerprint density at radius 1 is 0.440 bits per heavy atom. The molecule has 3 aromatic rings. The number of rotatable bonds is 9. The molecule has 0 saturated carbocycles. The summed E-state index contributed by atoms with van der Waals surface area (Å²) >= 11 is 0. The molecule has 0 heterocycles. The lowest BCUT2D eigenvalue weighted by molar-refractivity contribution is 0.692. The van der Waals surface area contributed by atoms with Gasteiger partial charge in [0.25, 0.3) is 0 Å². The summed E-state index contributed by atoms with van der Waals surface area (Å²) in [4.78, 5) is 0. The van der Waals surface area contributed by atoms with Crippen LogP contribution in [0.3, 0.4) is 0 Å². The molecular weight excluding hydrogens is 302 g/mol. The highest BCUT2D eigenvalue weighted by Crippen LogP contribution is 2.11. The average molecular weight is 329 g/mol. The molecule has 25 heavy (non-hydrogen) atoms. The summed E-state index contributed by atoms with van der Waals surface area (Å²) in [5, 5.41) is 3.51. The fourth-order valence-electron chi connectivity index (χ4n) is 3.07. The van der Waals surface area contributed by atoms with E-state index in [0.717, 1.165) is 13.1 Å². The molecule has 0 aliphatic carbocycles. The summed E-state index contributed by atoms with van der Waals surface area (Å²) in [6, 6.07) is 30.4. The van der Waals surface area contributed by atoms with Gasteiger partial charge in [0.15, 0.2) is 0 Å². The molecule has 1 N–H and O–H groups in total. The summed E-state index contributed by atoms with van der Waals surface area (Å²) in [5.41, 5.74) is 5.57. The molecule has 128 valence electrons. The maximum Gasteiger partial charge on any atom is 0.0208 e. The van der Waals surface area contributed by atoms with Gasteiger partial charge in [0.1, 0.15) is 0 Å². The molecule has 0 atom stereocenters. The molecular formula is C24H27N. The Bertz CT molecular complexity index is 717. The van der Waals surface area contributed by atoms with Gasteiger partial charge in [-0.1, -0.05) is 84.9 Å². The molecule has 0 radical (unpaired) electrons. The zero-order chi connectivity index (χ0) is 17.2. The lowest BCUT2D eigenvalue weighted by Crippen LogP contribution is -2.12. The van der Waals surface area contributed by atoms with E-state index in [1.807, 2.05) is 0 Å². The summed E-state index contributed by atoms with van der Waals surface area (Å²) in [5.74, 6) is 0. The Hall–Kier alpha value is -2.38. The Balaban J connectivity index is 1.35. The first-order chi connectivity index (χ1) is 12.4. The smallest absolute Gasteiger partial charge is 0.0208 e. The van der Waals surface area contributed by atoms with Gasteiger partial charge in [-0.15, -0.1) is 0 Å². The van der Waals surface area contributed by atoms with Gasteiger partial charge >= 0.3 is 0 Å². The van der Waals surface area contributed by atoms with Crippen molar-refractivity contribution in [3.8, 4) is 0 Å². The van der Waals surface area contributed by atoms with Crippen molar-refractivity contribution in [1.82, 2.24) is 5.32 Å². The molecule has 0 aliphatic heterocycles. The van der Waals surface area contributed by atoms with Gasteiger partial charge in [0, 0.05) is 13.1 Å². The normalized spacial score (nSPS) is 10.7. The Morgan fingerprint density at radius 2 is 0.840 bits per heavy atom. The minimum atomic E-state index is 0.919. The third kappa shape index (κ3) is 6.21. The SMILES string of the molecule is c1ccc(CCCCc2ccc(CNCc3ccccc3)cc2)cc1. The first kappa shape index (κ1) is 17.4. The Morgan fingerprint density at radius 3 is 1.40 bits per heavy atom. The predicted molar refractivity (Wildman–Crippen MR) is 107 cm³/mol. The van der Waals surface area contributed by atoms with E-state index in [2.05, 4.69) is 90.2 Å². The fourth-order valence-corrected chi connectivity index (χ4v) is 3.07. The molecule has 0 bridgehead atoms. The van der Waals surface area contributed by atoms with E-state index in [4.69, 9.17) is 0 Å². The predicted octanol–water partition coefficient (Wildman–Crippen LogP) is 5.54. The first-order valence-corrected chi connectivity index (χ1v) is 9.26. The van der Waals surface area contributed by atoms with Crippen LogP contribution in [-0.2, 0) is 25.9 Å². The number of benzene rings is 3. The topological polar surface area (TPSA) is 12.0 Å². The molecule has 0 saturated heterocycles. The Labute approximate surface area is 151 Å². The van der Waals surface area contributed by atoms with E-state index >= 15 is 0 Å². The molecule has 1 nitrogen and oxygen atoms in total. The minimum absolute atomic E-state index is 0.919. The van der Waals surface area contributed by atoms with Crippen molar-refractivity contribution >= 4 is 0 Å². The van der Waals surface area contributed by atoms with Crippen LogP contribution in [0.25, 0.3) is 0 Å². The van der Waals surface area contributed by atoms with Crippen molar-refractivity contribution in [3.63, 3.8) is 0 Å². The summed E-state index contributed by atoms with van der Waals surface area (Å²) in [7, 11) is 0. The van der Waals surface area contributed by atoms with Crippen LogP contribution < -0.4 is 5.32 Å². The molecule has 0 unspecified atom stereocenters. The van der Waals surface area contributed by atoms with E-state index in [0.29, 0.717) is 0 Å². The second kappa shape index (κ2) is 9.80. The van der Waals surface area contributed by atoms with Crippen LogP contribution in [0.2, 0.25) is 0 Å². The number of aryl methyl sites for hydroxylation is 2. The second-order valence-corrected chi connectivity index (χ2v) is 6.60. The molecule has 3 aromatic carbocycles. The monoisotopic (exact) mass is 329 g/mol. The van der Waals surface area contributed by atoms with Crippen LogP contribution in [0.15, 0.2) is 84.9 Å². The van der Waals surface area contributed by atoms with Gasteiger partial charge in [0.2, 0.25) is 0 Å². The van der Waals surface area contributed by atoms with Crippen LogP contribution in [0.4, 0.5) is 0 Å². The van der Waals surface area contributed by atoms with Gasteiger partial charge in [0.05, 0.1) is 0 Å². The van der Waals surface area contributed by atoms with Crippen molar-refractivity contribution in [2.24, 2.45) is 0 Å². The van der Waals surface area contributed by atoms with Gasteiger partial charge in [-0.2, -0.15) is 0 Å². The van der Waals surface area contributed by atoms with Crippen molar-refractivity contribution < 1.29 is 0 Å². The Kier molecular flexibility index (Phi) is 6.84. The largest absolute Gasteiger partial charge is 0.309 e. The number of hydrogen-bond acceptors (Lipinski definition) is 1. The molecule has 3 rings (SSSR count). The highest BCUT2D eigenvalue weighted by Gasteiger charge is 1.98. The highest BCUT2D eigenvalue weighted by atomic mass is 14.8. The van der Waals surface area contributed by atoms with E-state index < -0.39 is 0 Å². The minimum Gasteiger partial charge on any atom is -0.309 e. The van der Waals surface area contributed by atoms with Crippen LogP contribution in [0.1, 0.15) is 35.1 Å². The summed E-state index contributed by atoms with van der Waals surface area (Å²) in [6.07, 6.45) is 4.86. The average Bonchev–Trinajstić information content (AvgIpc) is 2.68. The zero-order valence-electron chi connectivity index (χ0n) is 14.8. The molecule has 0 spiro atoms. The van der Waals surface area contributed by atoms with Crippen LogP contribution in [0.5, 0.6) is 0 Å². The maximum absolute atomic E-state index is 3.51. The second-order valence-electron chi connectivity index (χ2n) is 6.60. The van der Waals surface area contributed by atoms with Crippen LogP contribution in [0, 0.1) is 0 Å². The van der Waals surface area contributed by atoms with Gasteiger partial charge in [-0.05, 0) is 47.9 Å². The van der Waals surface area contributed by atoms with E-state index in [1.165, 1.54) is 47.9 Å². The van der Waals surface area contributed by atoms with E-state index in [9.17, 15) is 0 Å². The van der Waals surface area contributed by atoms with Crippen molar-refractivity contribution in [2.75, 3.05) is 0 Å². The highest BCUT2D eigenvalue weighted by molar-refractivity contribution is 5.23. The summed E-state index contributed by atoms with van der Waals surface area (Å²) < 4.78 is 0. The molecule has 0 aromatic heterocycles. The molecule has 0 fully saturated rings. The maximum atomic E-state index is 3.51. The third-order valence-corrected chi connectivity index (χ3v) is 4.55. The van der Waals surface area contributed by atoms with Gasteiger partial charge in [-0.3, -0.25) is 0 Å². The van der Waals surface area contributed by atoms with Crippen LogP contribution in [-0.4, -0.2) is 0 Å². The number of nitrogens with one attached hydrogen (secondary N) is 1. The first-order valence-electron chi connectivity index (χ1n) is 9.26. The van der Waals surface area contributed by atoms with E-state index in [-0.39, 0.29) is 0 Å². The lowest BCUT2D eigenvalue weighted by atomic mass is 10.0. The zero-order valence-corrected chi connectivity index (χ0v) is 14.8. The molecule has 1 heteroatoms. The van der Waals surface area contributed by atoms with Crippen molar-refractivity contribution in [3.05, 3.63) is 107 Å². The molecule has 0 amide bonds. The quantitative estimate of drug-likeness (QED) is 0.508. The molecule has 0 aliphatic rings. The number of unbranched alkanes of at least 4 members (excludes halogenated alkanes) is 1. The van der Waals surface area contributed by atoms with E-state index in [1.54, 1.807) is 0 Å². The van der Waals surface area contributed by atoms with Crippen molar-refractivity contribution in [1.29, 1.82) is 0 Å². The van der Waals surface area contributed by atoms with Crippen molar-refractivity contribution in [2.45, 2.75) is 38.8 Å². The van der Waals surface area contributed by atoms with Gasteiger partial charge in [-0.25, -0.2) is 0 Å². The number of hydrogen-bond donors (Lipinski definition) is 1.